The summed E-state index contributed by atoms with van der Waals surface area (Å²) in [6.07, 6.45) is 4.24. The lowest BCUT2D eigenvalue weighted by Crippen LogP contribution is -2.51. The Morgan fingerprint density at radius 1 is 1.20 bits per heavy atom. The van der Waals surface area contributed by atoms with E-state index in [0.717, 1.165) is 16.5 Å². The Balaban J connectivity index is 1.63. The van der Waals surface area contributed by atoms with Gasteiger partial charge in [0.15, 0.2) is 0 Å². The summed E-state index contributed by atoms with van der Waals surface area (Å²) in [4.78, 5) is 31.9. The number of rotatable bonds is 3. The third-order valence-electron chi connectivity index (χ3n) is 5.56. The molecule has 1 atom stereocenters. The number of hydrogen-bond acceptors (Lipinski definition) is 5. The van der Waals surface area contributed by atoms with Gasteiger partial charge in [-0.15, -0.1) is 0 Å². The molecule has 5 rings (SSSR count). The normalized spacial score (nSPS) is 17.8. The van der Waals surface area contributed by atoms with Crippen molar-refractivity contribution in [3.63, 3.8) is 0 Å². The minimum atomic E-state index is -0.595. The fourth-order valence-electron chi connectivity index (χ4n) is 4.17. The van der Waals surface area contributed by atoms with Crippen molar-refractivity contribution in [3.8, 4) is 6.07 Å². The van der Waals surface area contributed by atoms with Crippen molar-refractivity contribution in [3.05, 3.63) is 72.2 Å². The van der Waals surface area contributed by atoms with Gasteiger partial charge in [0.05, 0.1) is 34.4 Å². The molecular formula is C23H17N5O2. The Hall–Kier alpha value is -4.18. The number of pyridine rings is 1. The van der Waals surface area contributed by atoms with Crippen LogP contribution in [0.15, 0.2) is 61.1 Å². The van der Waals surface area contributed by atoms with Gasteiger partial charge in [0.25, 0.3) is 5.91 Å². The number of carbonyl (C=O) groups is 2. The summed E-state index contributed by atoms with van der Waals surface area (Å²) in [5, 5.41) is 17.0. The minimum Gasteiger partial charge on any atom is -0.353 e. The fraction of sp³-hybridized carbons (Fsp3) is 0.130. The predicted molar refractivity (Wildman–Crippen MR) is 113 cm³/mol. The van der Waals surface area contributed by atoms with E-state index in [4.69, 9.17) is 0 Å². The first kappa shape index (κ1) is 17.9. The zero-order valence-electron chi connectivity index (χ0n) is 16.0. The average Bonchev–Trinajstić information content (AvgIpc) is 3.04. The lowest BCUT2D eigenvalue weighted by Gasteiger charge is -2.31. The van der Waals surface area contributed by atoms with Crippen LogP contribution in [0.5, 0.6) is 0 Å². The summed E-state index contributed by atoms with van der Waals surface area (Å²) in [7, 11) is 0. The number of amides is 2. The highest BCUT2D eigenvalue weighted by Crippen LogP contribution is 2.43. The van der Waals surface area contributed by atoms with Gasteiger partial charge >= 0.3 is 0 Å². The van der Waals surface area contributed by atoms with Gasteiger partial charge in [-0.05, 0) is 36.4 Å². The summed E-state index contributed by atoms with van der Waals surface area (Å²) >= 11 is 0. The second-order valence-corrected chi connectivity index (χ2v) is 7.34. The quantitative estimate of drug-likeness (QED) is 0.706. The maximum absolute atomic E-state index is 13.6. The molecule has 7 nitrogen and oxygen atoms in total. The van der Waals surface area contributed by atoms with Gasteiger partial charge in [0.2, 0.25) is 5.91 Å². The average molecular weight is 395 g/mol. The number of nitrogens with one attached hydrogen (secondary N) is 2. The van der Waals surface area contributed by atoms with E-state index in [1.54, 1.807) is 23.4 Å². The number of allylic oxidation sites excluding steroid dienone is 1. The van der Waals surface area contributed by atoms with Gasteiger partial charge in [-0.1, -0.05) is 24.8 Å². The number of nitrogens with zero attached hydrogens (tertiary/aromatic N) is 3. The molecule has 3 heterocycles. The Kier molecular flexibility index (Phi) is 4.00. The number of piperidine rings is 1. The summed E-state index contributed by atoms with van der Waals surface area (Å²) < 4.78 is 0. The van der Waals surface area contributed by atoms with E-state index in [9.17, 15) is 14.9 Å². The van der Waals surface area contributed by atoms with Gasteiger partial charge in [0.1, 0.15) is 12.1 Å². The van der Waals surface area contributed by atoms with E-state index < -0.39 is 6.04 Å². The molecule has 146 valence electrons. The molecular weight excluding hydrogens is 378 g/mol. The van der Waals surface area contributed by atoms with E-state index in [0.29, 0.717) is 41.0 Å². The number of nitriles is 1. The van der Waals surface area contributed by atoms with Crippen molar-refractivity contribution in [1.29, 1.82) is 5.26 Å². The number of benzene rings is 2. The van der Waals surface area contributed by atoms with Crippen LogP contribution in [0.3, 0.4) is 0 Å². The molecule has 30 heavy (non-hydrogen) atoms. The standard InChI is InChI=1S/C23H17N5O2/c1-13-5-8-19(22(29)26-13)28-18-4-2-3-14-6-7-16(21(20(14)18)23(28)30)27-17-12-25-10-9-15(17)11-24/h2-4,6-7,9-10,12,19,27H,1,5,8H2,(H,26,29). The van der Waals surface area contributed by atoms with E-state index in [1.165, 1.54) is 0 Å². The van der Waals surface area contributed by atoms with Crippen LogP contribution in [0, 0.1) is 11.3 Å². The van der Waals surface area contributed by atoms with Crippen LogP contribution in [-0.2, 0) is 4.79 Å². The van der Waals surface area contributed by atoms with Crippen LogP contribution in [-0.4, -0.2) is 22.8 Å². The number of carbonyl (C=O) groups excluding carboxylic acids is 2. The topological polar surface area (TPSA) is 98.1 Å². The van der Waals surface area contributed by atoms with E-state index in [2.05, 4.69) is 28.3 Å². The van der Waals surface area contributed by atoms with Gasteiger partial charge in [-0.2, -0.15) is 5.26 Å². The molecule has 2 aromatic carbocycles. The lowest BCUT2D eigenvalue weighted by atomic mass is 10.0. The maximum atomic E-state index is 13.6. The van der Waals surface area contributed by atoms with Gasteiger partial charge in [0, 0.05) is 17.3 Å². The third-order valence-corrected chi connectivity index (χ3v) is 5.56. The van der Waals surface area contributed by atoms with Crippen LogP contribution in [0.2, 0.25) is 0 Å². The molecule has 0 spiro atoms. The Morgan fingerprint density at radius 2 is 2.07 bits per heavy atom. The summed E-state index contributed by atoms with van der Waals surface area (Å²) in [6.45, 7) is 3.82. The maximum Gasteiger partial charge on any atom is 0.261 e. The first-order valence-electron chi connectivity index (χ1n) is 9.57. The number of hydrogen-bond donors (Lipinski definition) is 2. The highest BCUT2D eigenvalue weighted by Gasteiger charge is 2.41. The minimum absolute atomic E-state index is 0.224. The van der Waals surface area contributed by atoms with Crippen LogP contribution in [0.25, 0.3) is 10.8 Å². The highest BCUT2D eigenvalue weighted by atomic mass is 16.2. The van der Waals surface area contributed by atoms with Crippen molar-refractivity contribution in [2.45, 2.75) is 18.9 Å². The highest BCUT2D eigenvalue weighted by molar-refractivity contribution is 6.29. The first-order chi connectivity index (χ1) is 14.6. The number of anilines is 3. The van der Waals surface area contributed by atoms with E-state index >= 15 is 0 Å². The van der Waals surface area contributed by atoms with Gasteiger partial charge in [-0.25, -0.2) is 0 Å². The Bertz CT molecular complexity index is 1290. The molecule has 2 N–H and O–H groups in total. The predicted octanol–water partition coefficient (Wildman–Crippen LogP) is 3.60. The molecule has 1 unspecified atom stereocenters. The second kappa shape index (κ2) is 6.71. The fourth-order valence-corrected chi connectivity index (χ4v) is 4.17. The Morgan fingerprint density at radius 3 is 2.87 bits per heavy atom. The molecule has 0 aliphatic carbocycles. The van der Waals surface area contributed by atoms with E-state index in [-0.39, 0.29) is 11.8 Å². The summed E-state index contributed by atoms with van der Waals surface area (Å²) in [6, 6.07) is 12.6. The third kappa shape index (κ3) is 2.62. The first-order valence-corrected chi connectivity index (χ1v) is 9.57. The molecule has 2 aliphatic heterocycles. The van der Waals surface area contributed by atoms with Crippen molar-refractivity contribution in [2.24, 2.45) is 0 Å². The Labute approximate surface area is 172 Å². The molecule has 0 bridgehead atoms. The molecule has 0 radical (unpaired) electrons. The van der Waals surface area contributed by atoms with Crippen molar-refractivity contribution < 1.29 is 9.59 Å². The zero-order chi connectivity index (χ0) is 20.8. The summed E-state index contributed by atoms with van der Waals surface area (Å²) in [5.41, 5.74) is 3.40. The monoisotopic (exact) mass is 395 g/mol. The molecule has 3 aromatic rings. The molecule has 7 heteroatoms. The molecule has 2 amide bonds. The van der Waals surface area contributed by atoms with Gasteiger partial charge < -0.3 is 10.6 Å². The molecule has 1 saturated heterocycles. The molecule has 1 fully saturated rings. The van der Waals surface area contributed by atoms with Crippen LogP contribution in [0.1, 0.15) is 28.8 Å². The smallest absolute Gasteiger partial charge is 0.261 e. The van der Waals surface area contributed by atoms with Gasteiger partial charge in [-0.3, -0.25) is 19.5 Å². The van der Waals surface area contributed by atoms with Crippen LogP contribution >= 0.6 is 0 Å². The molecule has 1 aromatic heterocycles. The SMILES string of the molecule is C=C1CCC(N2C(=O)c3c(Nc4cnccc4C#N)ccc4cccc2c34)C(=O)N1. The van der Waals surface area contributed by atoms with Crippen molar-refractivity contribution in [2.75, 3.05) is 10.2 Å². The van der Waals surface area contributed by atoms with Crippen LogP contribution in [0.4, 0.5) is 17.1 Å². The molecule has 0 saturated carbocycles. The largest absolute Gasteiger partial charge is 0.353 e. The molecule has 2 aliphatic rings. The lowest BCUT2D eigenvalue weighted by molar-refractivity contribution is -0.122. The summed E-state index contributed by atoms with van der Waals surface area (Å²) in [5.74, 6) is -0.461. The van der Waals surface area contributed by atoms with Crippen molar-refractivity contribution >= 4 is 39.6 Å². The van der Waals surface area contributed by atoms with Crippen molar-refractivity contribution in [1.82, 2.24) is 10.3 Å². The van der Waals surface area contributed by atoms with E-state index in [1.807, 2.05) is 30.3 Å². The zero-order valence-corrected chi connectivity index (χ0v) is 16.0. The second-order valence-electron chi connectivity index (χ2n) is 7.34. The number of aromatic nitrogens is 1. The van der Waals surface area contributed by atoms with Crippen LogP contribution < -0.4 is 15.5 Å².